The molecule has 0 amide bonds. The number of aromatic nitrogens is 5. The Labute approximate surface area is 211 Å². The van der Waals surface area contributed by atoms with Crippen LogP contribution in [0.3, 0.4) is 0 Å². The maximum absolute atomic E-state index is 12.1. The Morgan fingerprint density at radius 3 is 2.53 bits per heavy atom. The van der Waals surface area contributed by atoms with E-state index in [1.807, 2.05) is 40.1 Å². The maximum Gasteiger partial charge on any atom is 0.209 e. The van der Waals surface area contributed by atoms with E-state index in [0.29, 0.717) is 5.92 Å². The number of pyridine rings is 1. The van der Waals surface area contributed by atoms with Crippen LogP contribution in [0.25, 0.3) is 33.2 Å². The summed E-state index contributed by atoms with van der Waals surface area (Å²) >= 11 is 0. The Hall–Kier alpha value is -2.82. The predicted octanol–water partition coefficient (Wildman–Crippen LogP) is 4.07. The van der Waals surface area contributed by atoms with Gasteiger partial charge in [-0.05, 0) is 64.2 Å². The zero-order valence-corrected chi connectivity index (χ0v) is 22.6. The third-order valence-corrected chi connectivity index (χ3v) is 8.31. The van der Waals surface area contributed by atoms with Gasteiger partial charge in [0, 0.05) is 43.4 Å². The summed E-state index contributed by atoms with van der Waals surface area (Å²) in [7, 11) is -1.50. The molecule has 4 heterocycles. The highest BCUT2D eigenvalue weighted by molar-refractivity contribution is 7.88. The third kappa shape index (κ3) is 4.42. The molecular formula is C26H34N6O3S. The fraction of sp³-hybridized carbons (Fsp3) is 0.500. The van der Waals surface area contributed by atoms with Crippen molar-refractivity contribution >= 4 is 32.0 Å². The molecule has 10 heteroatoms. The number of nitrogens with zero attached hydrogens (tertiary/aromatic N) is 5. The predicted molar refractivity (Wildman–Crippen MR) is 141 cm³/mol. The summed E-state index contributed by atoms with van der Waals surface area (Å²) in [6, 6.07) is 8.56. The fourth-order valence-corrected chi connectivity index (χ4v) is 6.69. The lowest BCUT2D eigenvalue weighted by atomic mass is 9.92. The van der Waals surface area contributed by atoms with E-state index < -0.39 is 15.6 Å². The Bertz CT molecular complexity index is 1530. The van der Waals surface area contributed by atoms with Crippen molar-refractivity contribution in [1.29, 1.82) is 0 Å². The molecule has 0 spiro atoms. The molecule has 4 aromatic rings. The van der Waals surface area contributed by atoms with Crippen molar-refractivity contribution in [2.24, 2.45) is 13.0 Å². The van der Waals surface area contributed by atoms with Crippen LogP contribution in [0.5, 0.6) is 0 Å². The van der Waals surface area contributed by atoms with Gasteiger partial charge < -0.3 is 9.30 Å². The molecule has 1 aromatic carbocycles. The molecule has 9 nitrogen and oxygen atoms in total. The monoisotopic (exact) mass is 510 g/mol. The third-order valence-electron chi connectivity index (χ3n) is 7.43. The summed E-state index contributed by atoms with van der Waals surface area (Å²) in [5.41, 5.74) is 5.93. The lowest BCUT2D eigenvalue weighted by molar-refractivity contribution is 0.0525. The molecule has 1 atom stereocenters. The van der Waals surface area contributed by atoms with Crippen molar-refractivity contribution in [3.8, 4) is 11.3 Å². The first kappa shape index (κ1) is 24.9. The largest absolute Gasteiger partial charge is 0.381 e. The molecule has 0 radical (unpaired) electrons. The number of rotatable bonds is 6. The van der Waals surface area contributed by atoms with Gasteiger partial charge in [-0.15, -0.1) is 5.10 Å². The molecule has 3 aromatic heterocycles. The van der Waals surface area contributed by atoms with Crippen LogP contribution in [-0.2, 0) is 27.3 Å². The number of fused-ring (bicyclic) bond motifs is 3. The summed E-state index contributed by atoms with van der Waals surface area (Å²) < 4.78 is 36.7. The molecule has 1 N–H and O–H groups in total. The first-order valence-corrected chi connectivity index (χ1v) is 14.2. The van der Waals surface area contributed by atoms with Crippen LogP contribution in [0, 0.1) is 12.8 Å². The molecule has 0 aliphatic carbocycles. The Balaban J connectivity index is 1.75. The Morgan fingerprint density at radius 1 is 1.17 bits per heavy atom. The smallest absolute Gasteiger partial charge is 0.209 e. The van der Waals surface area contributed by atoms with E-state index >= 15 is 0 Å². The summed E-state index contributed by atoms with van der Waals surface area (Å²) in [5.74, 6) is 0.465. The molecule has 1 aliphatic heterocycles. The van der Waals surface area contributed by atoms with Crippen LogP contribution in [0.4, 0.5) is 0 Å². The number of nitrogens with one attached hydrogen (secondary N) is 1. The van der Waals surface area contributed by atoms with Crippen LogP contribution >= 0.6 is 0 Å². The number of sulfonamides is 1. The van der Waals surface area contributed by atoms with E-state index in [-0.39, 0.29) is 6.04 Å². The number of hydrogen-bond acceptors (Lipinski definition) is 6. The van der Waals surface area contributed by atoms with Gasteiger partial charge in [-0.1, -0.05) is 17.3 Å². The normalized spacial score (nSPS) is 16.7. The lowest BCUT2D eigenvalue weighted by Gasteiger charge is -2.30. The molecule has 5 rings (SSSR count). The zero-order chi connectivity index (χ0) is 25.8. The Morgan fingerprint density at radius 2 is 1.89 bits per heavy atom. The number of benzene rings is 1. The molecule has 0 unspecified atom stereocenters. The van der Waals surface area contributed by atoms with Crippen molar-refractivity contribution < 1.29 is 13.2 Å². The number of aryl methyl sites for hydroxylation is 2. The van der Waals surface area contributed by atoms with Crippen LogP contribution in [0.15, 0.2) is 30.5 Å². The van der Waals surface area contributed by atoms with Crippen molar-refractivity contribution in [3.05, 3.63) is 41.7 Å². The molecule has 36 heavy (non-hydrogen) atoms. The van der Waals surface area contributed by atoms with Gasteiger partial charge in [0.15, 0.2) is 0 Å². The second-order valence-electron chi connectivity index (χ2n) is 10.5. The van der Waals surface area contributed by atoms with Gasteiger partial charge >= 0.3 is 0 Å². The summed E-state index contributed by atoms with van der Waals surface area (Å²) in [6.45, 7) is 9.54. The van der Waals surface area contributed by atoms with Crippen LogP contribution in [-0.4, -0.2) is 52.4 Å². The number of hydrogen-bond donors (Lipinski definition) is 1. The molecule has 1 aliphatic rings. The SMILES string of the molecule is Cc1nnn(C)c1-c1cnc2c3ccc(C(C)(C)NS(C)(=O)=O)cc3n([C@H](C)C3CCOCC3)c2c1. The van der Waals surface area contributed by atoms with E-state index in [4.69, 9.17) is 9.72 Å². The van der Waals surface area contributed by atoms with Crippen molar-refractivity contribution in [2.45, 2.75) is 52.1 Å². The minimum Gasteiger partial charge on any atom is -0.381 e. The number of ether oxygens (including phenoxy) is 1. The van der Waals surface area contributed by atoms with Crippen LogP contribution in [0.2, 0.25) is 0 Å². The second kappa shape index (κ2) is 8.93. The molecular weight excluding hydrogens is 476 g/mol. The van der Waals surface area contributed by atoms with Gasteiger partial charge in [0.2, 0.25) is 10.0 Å². The summed E-state index contributed by atoms with van der Waals surface area (Å²) in [5, 5.41) is 9.45. The zero-order valence-electron chi connectivity index (χ0n) is 21.7. The van der Waals surface area contributed by atoms with E-state index in [2.05, 4.69) is 44.7 Å². The van der Waals surface area contributed by atoms with E-state index in [1.165, 1.54) is 6.26 Å². The first-order valence-electron chi connectivity index (χ1n) is 12.3. The average molecular weight is 511 g/mol. The summed E-state index contributed by atoms with van der Waals surface area (Å²) in [6.07, 6.45) is 5.08. The lowest BCUT2D eigenvalue weighted by Crippen LogP contribution is -2.40. The standard InChI is InChI=1S/C26H34N6O3S/c1-16-25(31(5)30-28-16)19-13-23-24(27-15-19)21-8-7-20(26(3,4)29-36(6,33)34)14-22(21)32(23)17(2)18-9-11-35-12-10-18/h7-8,13-15,17-18,29H,9-12H2,1-6H3/t17-/m1/s1. The van der Waals surface area contributed by atoms with Gasteiger partial charge in [-0.25, -0.2) is 17.8 Å². The second-order valence-corrected chi connectivity index (χ2v) is 12.3. The van der Waals surface area contributed by atoms with E-state index in [1.54, 1.807) is 4.68 Å². The Kier molecular flexibility index (Phi) is 6.17. The topological polar surface area (TPSA) is 104 Å². The van der Waals surface area contributed by atoms with Gasteiger partial charge in [0.25, 0.3) is 0 Å². The van der Waals surface area contributed by atoms with Gasteiger partial charge in [-0.3, -0.25) is 4.98 Å². The van der Waals surface area contributed by atoms with Gasteiger partial charge in [0.1, 0.15) is 0 Å². The molecule has 1 fully saturated rings. The molecule has 192 valence electrons. The van der Waals surface area contributed by atoms with Crippen LogP contribution in [0.1, 0.15) is 50.9 Å². The van der Waals surface area contributed by atoms with E-state index in [0.717, 1.165) is 70.5 Å². The van der Waals surface area contributed by atoms with E-state index in [9.17, 15) is 8.42 Å². The maximum atomic E-state index is 12.1. The fourth-order valence-electron chi connectivity index (χ4n) is 5.65. The highest BCUT2D eigenvalue weighted by atomic mass is 32.2. The van der Waals surface area contributed by atoms with Crippen molar-refractivity contribution in [3.63, 3.8) is 0 Å². The average Bonchev–Trinajstić information content (AvgIpc) is 3.32. The summed E-state index contributed by atoms with van der Waals surface area (Å²) in [4.78, 5) is 4.92. The quantitative estimate of drug-likeness (QED) is 0.419. The van der Waals surface area contributed by atoms with Crippen molar-refractivity contribution in [1.82, 2.24) is 29.3 Å². The first-order chi connectivity index (χ1) is 17.0. The molecule has 0 bridgehead atoms. The van der Waals surface area contributed by atoms with Gasteiger partial charge in [0.05, 0.1) is 39.7 Å². The highest BCUT2D eigenvalue weighted by Crippen LogP contribution is 2.39. The van der Waals surface area contributed by atoms with Gasteiger partial charge in [-0.2, -0.15) is 0 Å². The minimum atomic E-state index is -3.39. The molecule has 0 saturated carbocycles. The van der Waals surface area contributed by atoms with Crippen molar-refractivity contribution in [2.75, 3.05) is 19.5 Å². The highest BCUT2D eigenvalue weighted by Gasteiger charge is 2.29. The minimum absolute atomic E-state index is 0.206. The molecule has 1 saturated heterocycles. The van der Waals surface area contributed by atoms with Crippen LogP contribution < -0.4 is 4.72 Å².